The largest absolute Gasteiger partial charge is 0.505 e. The molecule has 1 heterocycles. The number of cyclic esters (lactones) is 1. The second-order valence-electron chi connectivity index (χ2n) is 5.65. The van der Waals surface area contributed by atoms with E-state index in [1.807, 2.05) is 0 Å². The van der Waals surface area contributed by atoms with Crippen LogP contribution < -0.4 is 0 Å². The van der Waals surface area contributed by atoms with Crippen molar-refractivity contribution < 1.29 is 24.7 Å². The van der Waals surface area contributed by atoms with Crippen LogP contribution in [-0.2, 0) is 15.1 Å². The molecule has 2 N–H and O–H groups in total. The van der Waals surface area contributed by atoms with E-state index in [0.717, 1.165) is 11.1 Å². The van der Waals surface area contributed by atoms with Gasteiger partial charge in [0.05, 0.1) is 4.92 Å². The molecule has 0 amide bonds. The van der Waals surface area contributed by atoms with E-state index < -0.39 is 28.0 Å². The lowest BCUT2D eigenvalue weighted by Gasteiger charge is -2.27. The molecule has 128 valence electrons. The van der Waals surface area contributed by atoms with Crippen LogP contribution >= 0.6 is 0 Å². The lowest BCUT2D eigenvalue weighted by atomic mass is 9.88. The molecule has 0 spiro atoms. The minimum Gasteiger partial charge on any atom is -0.505 e. The summed E-state index contributed by atoms with van der Waals surface area (Å²) in [6, 6.07) is 13.0. The Bertz CT molecular complexity index is 869. The Labute approximate surface area is 142 Å². The Balaban J connectivity index is 1.95. The highest BCUT2D eigenvalue weighted by Gasteiger charge is 2.49. The minimum atomic E-state index is -1.39. The van der Waals surface area contributed by atoms with Gasteiger partial charge in [-0.2, -0.15) is 0 Å². The maximum atomic E-state index is 11.6. The van der Waals surface area contributed by atoms with Gasteiger partial charge in [0.25, 0.3) is 5.69 Å². The van der Waals surface area contributed by atoms with Gasteiger partial charge < -0.3 is 14.9 Å². The summed E-state index contributed by atoms with van der Waals surface area (Å²) >= 11 is 0. The standard InChI is InChI=1S/C18H15NO6/c1-2-18(16(21)15(20)17(22)25-18)13-7-3-11(4-8-13)12-5-9-14(10-6-12)19(23)24/h3-10,20-21H,2H2,1H3. The van der Waals surface area contributed by atoms with E-state index in [-0.39, 0.29) is 12.1 Å². The van der Waals surface area contributed by atoms with Crippen LogP contribution in [0.25, 0.3) is 11.1 Å². The van der Waals surface area contributed by atoms with Gasteiger partial charge in [-0.15, -0.1) is 0 Å². The van der Waals surface area contributed by atoms with E-state index in [4.69, 9.17) is 4.74 Å². The Morgan fingerprint density at radius 3 is 1.96 bits per heavy atom. The van der Waals surface area contributed by atoms with Gasteiger partial charge in [-0.25, -0.2) is 4.79 Å². The second kappa shape index (κ2) is 5.94. The molecular weight excluding hydrogens is 326 g/mol. The SMILES string of the molecule is CCC1(c2ccc(-c3ccc([N+](=O)[O-])cc3)cc2)OC(=O)C(O)=C1O. The fourth-order valence-corrected chi connectivity index (χ4v) is 2.89. The first-order valence-corrected chi connectivity index (χ1v) is 7.60. The fraction of sp³-hybridized carbons (Fsp3) is 0.167. The Kier molecular flexibility index (Phi) is 3.92. The maximum Gasteiger partial charge on any atom is 0.378 e. The van der Waals surface area contributed by atoms with Crippen LogP contribution in [0.5, 0.6) is 0 Å². The predicted octanol–water partition coefficient (Wildman–Crippen LogP) is 3.75. The molecule has 1 atom stereocenters. The zero-order valence-corrected chi connectivity index (χ0v) is 13.3. The number of ether oxygens (including phenoxy) is 1. The Morgan fingerprint density at radius 2 is 1.56 bits per heavy atom. The molecule has 0 bridgehead atoms. The number of benzene rings is 2. The third kappa shape index (κ3) is 2.59. The molecule has 0 saturated heterocycles. The first kappa shape index (κ1) is 16.5. The number of rotatable bonds is 4. The number of aliphatic hydroxyl groups excluding tert-OH is 2. The highest BCUT2D eigenvalue weighted by atomic mass is 16.6. The van der Waals surface area contributed by atoms with Gasteiger partial charge in [-0.3, -0.25) is 10.1 Å². The normalized spacial score (nSPS) is 19.8. The number of esters is 1. The van der Waals surface area contributed by atoms with Crippen molar-refractivity contribution in [1.29, 1.82) is 0 Å². The molecule has 1 unspecified atom stereocenters. The number of aliphatic hydroxyl groups is 2. The van der Waals surface area contributed by atoms with Gasteiger partial charge in [0, 0.05) is 17.7 Å². The number of hydrogen-bond acceptors (Lipinski definition) is 6. The molecule has 2 aromatic rings. The monoisotopic (exact) mass is 341 g/mol. The molecule has 3 rings (SSSR count). The lowest BCUT2D eigenvalue weighted by Crippen LogP contribution is -2.28. The molecule has 1 aliphatic heterocycles. The third-order valence-corrected chi connectivity index (χ3v) is 4.33. The molecular formula is C18H15NO6. The molecule has 7 heteroatoms. The third-order valence-electron chi connectivity index (χ3n) is 4.33. The second-order valence-corrected chi connectivity index (χ2v) is 5.65. The van der Waals surface area contributed by atoms with Gasteiger partial charge in [0.15, 0.2) is 11.4 Å². The summed E-state index contributed by atoms with van der Waals surface area (Å²) in [4.78, 5) is 21.8. The molecule has 0 saturated carbocycles. The Hall–Kier alpha value is -3.35. The molecule has 7 nitrogen and oxygen atoms in total. The molecule has 25 heavy (non-hydrogen) atoms. The topological polar surface area (TPSA) is 110 Å². The highest BCUT2D eigenvalue weighted by molar-refractivity contribution is 5.90. The summed E-state index contributed by atoms with van der Waals surface area (Å²) in [7, 11) is 0. The highest BCUT2D eigenvalue weighted by Crippen LogP contribution is 2.42. The number of nitrogens with zero attached hydrogens (tertiary/aromatic N) is 1. The minimum absolute atomic E-state index is 0.00806. The first-order chi connectivity index (χ1) is 11.9. The van der Waals surface area contributed by atoms with Crippen LogP contribution in [0.15, 0.2) is 60.0 Å². The van der Waals surface area contributed by atoms with Crippen LogP contribution in [0, 0.1) is 10.1 Å². The smallest absolute Gasteiger partial charge is 0.378 e. The summed E-state index contributed by atoms with van der Waals surface area (Å²) in [5.74, 6) is -2.23. The van der Waals surface area contributed by atoms with Crippen LogP contribution in [0.4, 0.5) is 5.69 Å². The number of nitro groups is 1. The van der Waals surface area contributed by atoms with Gasteiger partial charge >= 0.3 is 5.97 Å². The van der Waals surface area contributed by atoms with Crippen molar-refractivity contribution in [2.24, 2.45) is 0 Å². The fourth-order valence-electron chi connectivity index (χ4n) is 2.89. The average Bonchev–Trinajstić information content (AvgIpc) is 2.86. The lowest BCUT2D eigenvalue weighted by molar-refractivity contribution is -0.384. The number of carbonyl (C=O) groups excluding carboxylic acids is 1. The zero-order chi connectivity index (χ0) is 18.2. The van der Waals surface area contributed by atoms with Gasteiger partial charge in [-0.05, 0) is 29.7 Å². The molecule has 1 aliphatic rings. The maximum absolute atomic E-state index is 11.6. The molecule has 0 radical (unpaired) electrons. The number of hydrogen-bond donors (Lipinski definition) is 2. The number of non-ortho nitro benzene ring substituents is 1. The predicted molar refractivity (Wildman–Crippen MR) is 88.9 cm³/mol. The van der Waals surface area contributed by atoms with Crippen molar-refractivity contribution in [3.8, 4) is 11.1 Å². The van der Waals surface area contributed by atoms with Crippen molar-refractivity contribution in [2.45, 2.75) is 18.9 Å². The zero-order valence-electron chi connectivity index (χ0n) is 13.3. The van der Waals surface area contributed by atoms with E-state index >= 15 is 0 Å². The van der Waals surface area contributed by atoms with E-state index in [1.165, 1.54) is 12.1 Å². The van der Waals surface area contributed by atoms with Crippen LogP contribution in [-0.4, -0.2) is 21.1 Å². The van der Waals surface area contributed by atoms with Crippen molar-refractivity contribution in [2.75, 3.05) is 0 Å². The van der Waals surface area contributed by atoms with E-state index in [2.05, 4.69) is 0 Å². The molecule has 2 aromatic carbocycles. The van der Waals surface area contributed by atoms with E-state index in [9.17, 15) is 25.1 Å². The van der Waals surface area contributed by atoms with Crippen LogP contribution in [0.2, 0.25) is 0 Å². The Morgan fingerprint density at radius 1 is 1.04 bits per heavy atom. The van der Waals surface area contributed by atoms with E-state index in [1.54, 1.807) is 43.3 Å². The van der Waals surface area contributed by atoms with Crippen molar-refractivity contribution >= 4 is 11.7 Å². The van der Waals surface area contributed by atoms with Crippen LogP contribution in [0.1, 0.15) is 18.9 Å². The summed E-state index contributed by atoms with van der Waals surface area (Å²) in [5, 5.41) is 30.4. The van der Waals surface area contributed by atoms with Crippen molar-refractivity contribution in [3.05, 3.63) is 75.7 Å². The van der Waals surface area contributed by atoms with Gasteiger partial charge in [-0.1, -0.05) is 31.2 Å². The number of nitro benzene ring substituents is 1. The van der Waals surface area contributed by atoms with Crippen molar-refractivity contribution in [1.82, 2.24) is 0 Å². The van der Waals surface area contributed by atoms with Crippen LogP contribution in [0.3, 0.4) is 0 Å². The summed E-state index contributed by atoms with van der Waals surface area (Å²) < 4.78 is 5.21. The summed E-state index contributed by atoms with van der Waals surface area (Å²) in [6.07, 6.45) is 0.255. The van der Waals surface area contributed by atoms with Gasteiger partial charge in [0.2, 0.25) is 5.76 Å². The quantitative estimate of drug-likeness (QED) is 0.498. The van der Waals surface area contributed by atoms with E-state index in [0.29, 0.717) is 5.56 Å². The molecule has 0 aliphatic carbocycles. The number of carbonyl (C=O) groups is 1. The average molecular weight is 341 g/mol. The first-order valence-electron chi connectivity index (χ1n) is 7.60. The van der Waals surface area contributed by atoms with Gasteiger partial charge in [0.1, 0.15) is 0 Å². The summed E-state index contributed by atoms with van der Waals surface area (Å²) in [6.45, 7) is 1.73. The molecule has 0 fully saturated rings. The molecule has 0 aromatic heterocycles. The summed E-state index contributed by atoms with van der Waals surface area (Å²) in [5.41, 5.74) is 0.731. The van der Waals surface area contributed by atoms with Crippen molar-refractivity contribution in [3.63, 3.8) is 0 Å².